The number of imidazole rings is 1. The highest BCUT2D eigenvalue weighted by Gasteiger charge is 2.16. The highest BCUT2D eigenvalue weighted by molar-refractivity contribution is 5.95. The SMILES string of the molecule is CC(C)c1[nH]ncc1C(=O)NCc1nc2ncccc2[nH]1. The van der Waals surface area contributed by atoms with Gasteiger partial charge in [0.25, 0.3) is 5.91 Å². The second-order valence-electron chi connectivity index (χ2n) is 5.09. The first-order chi connectivity index (χ1) is 10.1. The second kappa shape index (κ2) is 5.35. The van der Waals surface area contributed by atoms with Crippen LogP contribution in [0.1, 0.15) is 41.6 Å². The summed E-state index contributed by atoms with van der Waals surface area (Å²) in [6.45, 7) is 4.34. The lowest BCUT2D eigenvalue weighted by molar-refractivity contribution is 0.0948. The molecule has 3 N–H and O–H groups in total. The Labute approximate surface area is 121 Å². The molecule has 0 aromatic carbocycles. The normalized spacial score (nSPS) is 11.2. The van der Waals surface area contributed by atoms with Crippen LogP contribution >= 0.6 is 0 Å². The summed E-state index contributed by atoms with van der Waals surface area (Å²) in [5, 5.41) is 9.63. The van der Waals surface area contributed by atoms with E-state index in [9.17, 15) is 4.79 Å². The van der Waals surface area contributed by atoms with Gasteiger partial charge in [-0.2, -0.15) is 5.10 Å². The van der Waals surface area contributed by atoms with Crippen LogP contribution in [-0.4, -0.2) is 31.1 Å². The minimum atomic E-state index is -0.166. The van der Waals surface area contributed by atoms with Crippen LogP contribution in [0.15, 0.2) is 24.5 Å². The van der Waals surface area contributed by atoms with Gasteiger partial charge in [0.05, 0.1) is 29.5 Å². The monoisotopic (exact) mass is 284 g/mol. The molecule has 0 saturated carbocycles. The largest absolute Gasteiger partial charge is 0.345 e. The zero-order chi connectivity index (χ0) is 14.8. The number of aromatic nitrogens is 5. The molecule has 0 unspecified atom stereocenters. The predicted octanol–water partition coefficient (Wildman–Crippen LogP) is 1.73. The van der Waals surface area contributed by atoms with E-state index in [4.69, 9.17) is 0 Å². The maximum absolute atomic E-state index is 12.2. The lowest BCUT2D eigenvalue weighted by Gasteiger charge is -2.06. The number of hydrogen-bond donors (Lipinski definition) is 3. The highest BCUT2D eigenvalue weighted by Crippen LogP contribution is 2.16. The molecular formula is C14H16N6O. The van der Waals surface area contributed by atoms with Crippen LogP contribution in [0.5, 0.6) is 0 Å². The van der Waals surface area contributed by atoms with Gasteiger partial charge >= 0.3 is 0 Å². The molecule has 0 bridgehead atoms. The van der Waals surface area contributed by atoms with Crippen molar-refractivity contribution in [2.24, 2.45) is 0 Å². The molecule has 7 heteroatoms. The molecule has 0 aliphatic carbocycles. The van der Waals surface area contributed by atoms with Crippen molar-refractivity contribution in [3.05, 3.63) is 41.6 Å². The fraction of sp³-hybridized carbons (Fsp3) is 0.286. The molecule has 0 radical (unpaired) electrons. The van der Waals surface area contributed by atoms with Gasteiger partial charge in [0.2, 0.25) is 0 Å². The summed E-state index contributed by atoms with van der Waals surface area (Å²) in [7, 11) is 0. The lowest BCUT2D eigenvalue weighted by Crippen LogP contribution is -2.24. The Morgan fingerprint density at radius 1 is 1.43 bits per heavy atom. The molecule has 1 amide bonds. The third kappa shape index (κ3) is 2.62. The summed E-state index contributed by atoms with van der Waals surface area (Å²) in [5.41, 5.74) is 2.90. The predicted molar refractivity (Wildman–Crippen MR) is 77.7 cm³/mol. The standard InChI is InChI=1S/C14H16N6O/c1-8(2)12-9(6-17-20-12)14(21)16-7-11-18-10-4-3-5-15-13(10)19-11/h3-6,8H,7H2,1-2H3,(H,16,21)(H,17,20)(H,15,18,19). The van der Waals surface area contributed by atoms with Gasteiger partial charge in [0, 0.05) is 6.20 Å². The van der Waals surface area contributed by atoms with Gasteiger partial charge in [0.1, 0.15) is 5.82 Å². The number of pyridine rings is 1. The number of amides is 1. The average Bonchev–Trinajstić information content (AvgIpc) is 3.10. The van der Waals surface area contributed by atoms with Crippen molar-refractivity contribution in [3.63, 3.8) is 0 Å². The number of carbonyl (C=O) groups excluding carboxylic acids is 1. The molecular weight excluding hydrogens is 268 g/mol. The van der Waals surface area contributed by atoms with E-state index < -0.39 is 0 Å². The summed E-state index contributed by atoms with van der Waals surface area (Å²) in [6.07, 6.45) is 3.23. The third-order valence-electron chi connectivity index (χ3n) is 3.21. The van der Waals surface area contributed by atoms with E-state index in [1.54, 1.807) is 12.4 Å². The van der Waals surface area contributed by atoms with Crippen molar-refractivity contribution in [2.45, 2.75) is 26.3 Å². The van der Waals surface area contributed by atoms with Gasteiger partial charge in [0.15, 0.2) is 5.65 Å². The molecule has 0 aliphatic rings. The van der Waals surface area contributed by atoms with Gasteiger partial charge in [-0.05, 0) is 18.1 Å². The number of H-pyrrole nitrogens is 2. The van der Waals surface area contributed by atoms with Crippen LogP contribution in [0.4, 0.5) is 0 Å². The van der Waals surface area contributed by atoms with Gasteiger partial charge in [-0.1, -0.05) is 13.8 Å². The fourth-order valence-corrected chi connectivity index (χ4v) is 2.15. The summed E-state index contributed by atoms with van der Waals surface area (Å²) in [5.74, 6) is 0.719. The molecule has 3 rings (SSSR count). The van der Waals surface area contributed by atoms with Crippen LogP contribution < -0.4 is 5.32 Å². The van der Waals surface area contributed by atoms with Crippen LogP contribution in [-0.2, 0) is 6.54 Å². The van der Waals surface area contributed by atoms with E-state index in [1.165, 1.54) is 0 Å². The van der Waals surface area contributed by atoms with Gasteiger partial charge in [-0.3, -0.25) is 9.89 Å². The maximum Gasteiger partial charge on any atom is 0.255 e. The zero-order valence-electron chi connectivity index (χ0n) is 11.8. The van der Waals surface area contributed by atoms with E-state index in [-0.39, 0.29) is 11.8 Å². The summed E-state index contributed by atoms with van der Waals surface area (Å²) in [4.78, 5) is 23.8. The smallest absolute Gasteiger partial charge is 0.255 e. The van der Waals surface area contributed by atoms with Crippen LogP contribution in [0, 0.1) is 0 Å². The Balaban J connectivity index is 1.72. The lowest BCUT2D eigenvalue weighted by atomic mass is 10.1. The summed E-state index contributed by atoms with van der Waals surface area (Å²) >= 11 is 0. The number of nitrogens with one attached hydrogen (secondary N) is 3. The van der Waals surface area contributed by atoms with Gasteiger partial charge in [-0.15, -0.1) is 0 Å². The van der Waals surface area contributed by atoms with E-state index in [2.05, 4.69) is 30.5 Å². The van der Waals surface area contributed by atoms with E-state index in [0.717, 1.165) is 11.2 Å². The topological polar surface area (TPSA) is 99.3 Å². The molecule has 0 spiro atoms. The van der Waals surface area contributed by atoms with E-state index in [0.29, 0.717) is 23.6 Å². The molecule has 0 aliphatic heterocycles. The van der Waals surface area contributed by atoms with E-state index >= 15 is 0 Å². The number of rotatable bonds is 4. The molecule has 3 aromatic heterocycles. The molecule has 3 heterocycles. The summed E-state index contributed by atoms with van der Waals surface area (Å²) < 4.78 is 0. The number of aromatic amines is 2. The van der Waals surface area contributed by atoms with Crippen molar-refractivity contribution in [1.82, 2.24) is 30.5 Å². The van der Waals surface area contributed by atoms with Crippen molar-refractivity contribution in [1.29, 1.82) is 0 Å². The quantitative estimate of drug-likeness (QED) is 0.679. The van der Waals surface area contributed by atoms with Crippen molar-refractivity contribution in [2.75, 3.05) is 0 Å². The number of fused-ring (bicyclic) bond motifs is 1. The average molecular weight is 284 g/mol. The van der Waals surface area contributed by atoms with Crippen LogP contribution in [0.2, 0.25) is 0 Å². The Morgan fingerprint density at radius 3 is 3.05 bits per heavy atom. The van der Waals surface area contributed by atoms with Crippen molar-refractivity contribution >= 4 is 17.1 Å². The van der Waals surface area contributed by atoms with E-state index in [1.807, 2.05) is 26.0 Å². The fourth-order valence-electron chi connectivity index (χ4n) is 2.15. The minimum Gasteiger partial charge on any atom is -0.345 e. The maximum atomic E-state index is 12.2. The third-order valence-corrected chi connectivity index (χ3v) is 3.21. The number of nitrogens with zero attached hydrogens (tertiary/aromatic N) is 3. The molecule has 3 aromatic rings. The first-order valence-electron chi connectivity index (χ1n) is 6.76. The van der Waals surface area contributed by atoms with Gasteiger partial charge in [-0.25, -0.2) is 9.97 Å². The molecule has 108 valence electrons. The first-order valence-corrected chi connectivity index (χ1v) is 6.76. The molecule has 0 fully saturated rings. The second-order valence-corrected chi connectivity index (χ2v) is 5.09. The Morgan fingerprint density at radius 2 is 2.29 bits per heavy atom. The molecule has 0 atom stereocenters. The molecule has 21 heavy (non-hydrogen) atoms. The Bertz CT molecular complexity index is 739. The van der Waals surface area contributed by atoms with Crippen LogP contribution in [0.3, 0.4) is 0 Å². The molecule has 0 saturated heterocycles. The number of carbonyl (C=O) groups is 1. The Hall–Kier alpha value is -2.70. The first kappa shape index (κ1) is 13.3. The van der Waals surface area contributed by atoms with Crippen LogP contribution in [0.25, 0.3) is 11.2 Å². The zero-order valence-corrected chi connectivity index (χ0v) is 11.8. The number of hydrogen-bond acceptors (Lipinski definition) is 4. The van der Waals surface area contributed by atoms with Gasteiger partial charge < -0.3 is 10.3 Å². The van der Waals surface area contributed by atoms with Crippen molar-refractivity contribution < 1.29 is 4.79 Å². The highest BCUT2D eigenvalue weighted by atomic mass is 16.1. The minimum absolute atomic E-state index is 0.166. The summed E-state index contributed by atoms with van der Waals surface area (Å²) in [6, 6.07) is 3.73. The van der Waals surface area contributed by atoms with Crippen molar-refractivity contribution in [3.8, 4) is 0 Å². The Kier molecular flexibility index (Phi) is 3.39. The molecule has 7 nitrogen and oxygen atoms in total.